The fourth-order valence-corrected chi connectivity index (χ4v) is 2.43. The number of aliphatic hydroxyl groups is 1. The molecule has 0 unspecified atom stereocenters. The molecule has 0 aromatic heterocycles. The van der Waals surface area contributed by atoms with Crippen molar-refractivity contribution < 1.29 is 13.9 Å². The normalized spacial score (nSPS) is 11.9. The Bertz CT molecular complexity index is 605. The van der Waals surface area contributed by atoms with Gasteiger partial charge in [-0.05, 0) is 37.6 Å². The number of benzene rings is 2. The molecule has 0 aliphatic heterocycles. The smallest absolute Gasteiger partial charge is 0.127 e. The second-order valence-electron chi connectivity index (χ2n) is 6.18. The van der Waals surface area contributed by atoms with E-state index in [1.165, 1.54) is 18.2 Å². The van der Waals surface area contributed by atoms with Crippen molar-refractivity contribution in [3.63, 3.8) is 0 Å². The van der Waals surface area contributed by atoms with E-state index in [1.54, 1.807) is 44.2 Å². The molecule has 2 nitrogen and oxygen atoms in total. The van der Waals surface area contributed by atoms with Crippen molar-refractivity contribution in [3.05, 3.63) is 71.3 Å². The summed E-state index contributed by atoms with van der Waals surface area (Å²) >= 11 is 0. The van der Waals surface area contributed by atoms with Gasteiger partial charge in [0, 0.05) is 25.2 Å². The van der Waals surface area contributed by atoms with Gasteiger partial charge in [-0.2, -0.15) is 0 Å². The highest BCUT2D eigenvalue weighted by Crippen LogP contribution is 2.16. The lowest BCUT2D eigenvalue weighted by Gasteiger charge is -2.29. The molecular weight excluding hydrogens is 284 g/mol. The monoisotopic (exact) mass is 305 g/mol. The van der Waals surface area contributed by atoms with Crippen molar-refractivity contribution in [3.8, 4) is 0 Å². The Balaban J connectivity index is 2.15. The predicted octanol–water partition coefficient (Wildman–Crippen LogP) is 3.74. The Morgan fingerprint density at radius 2 is 1.59 bits per heavy atom. The topological polar surface area (TPSA) is 23.5 Å². The van der Waals surface area contributed by atoms with Crippen LogP contribution in [0.15, 0.2) is 48.5 Å². The standard InChI is InChI=1S/C18H21F2NO/c1-18(2,22)13-21(11-14-7-9-16(19)10-8-14)12-15-5-3-4-6-17(15)20/h3-10,22H,11-13H2,1-2H3. The summed E-state index contributed by atoms with van der Waals surface area (Å²) in [4.78, 5) is 1.95. The maximum Gasteiger partial charge on any atom is 0.127 e. The molecular formula is C18H21F2NO. The number of hydrogen-bond donors (Lipinski definition) is 1. The summed E-state index contributed by atoms with van der Waals surface area (Å²) in [5, 5.41) is 10.1. The number of halogens is 2. The summed E-state index contributed by atoms with van der Waals surface area (Å²) < 4.78 is 26.8. The van der Waals surface area contributed by atoms with Crippen LogP contribution in [0.5, 0.6) is 0 Å². The third-order valence-corrected chi connectivity index (χ3v) is 3.28. The van der Waals surface area contributed by atoms with Gasteiger partial charge in [-0.3, -0.25) is 4.90 Å². The quantitative estimate of drug-likeness (QED) is 0.879. The van der Waals surface area contributed by atoms with E-state index in [1.807, 2.05) is 4.90 Å². The third kappa shape index (κ3) is 5.20. The van der Waals surface area contributed by atoms with Crippen LogP contribution in [0.4, 0.5) is 8.78 Å². The fraction of sp³-hybridized carbons (Fsp3) is 0.333. The summed E-state index contributed by atoms with van der Waals surface area (Å²) in [7, 11) is 0. The minimum atomic E-state index is -0.898. The molecule has 2 rings (SSSR count). The largest absolute Gasteiger partial charge is 0.389 e. The summed E-state index contributed by atoms with van der Waals surface area (Å²) in [6.45, 7) is 4.71. The number of hydrogen-bond acceptors (Lipinski definition) is 2. The van der Waals surface area contributed by atoms with Crippen molar-refractivity contribution in [1.82, 2.24) is 4.90 Å². The summed E-state index contributed by atoms with van der Waals surface area (Å²) in [5.74, 6) is -0.547. The van der Waals surface area contributed by atoms with Gasteiger partial charge < -0.3 is 5.11 Å². The van der Waals surface area contributed by atoms with Gasteiger partial charge >= 0.3 is 0 Å². The Kier molecular flexibility index (Phi) is 5.27. The molecule has 0 radical (unpaired) electrons. The van der Waals surface area contributed by atoms with Gasteiger partial charge in [-0.1, -0.05) is 30.3 Å². The second kappa shape index (κ2) is 6.99. The van der Waals surface area contributed by atoms with Gasteiger partial charge in [-0.25, -0.2) is 8.78 Å². The van der Waals surface area contributed by atoms with Crippen LogP contribution in [-0.2, 0) is 13.1 Å². The average molecular weight is 305 g/mol. The van der Waals surface area contributed by atoms with Crippen LogP contribution in [0.2, 0.25) is 0 Å². The molecule has 0 spiro atoms. The average Bonchev–Trinajstić information content (AvgIpc) is 2.42. The van der Waals surface area contributed by atoms with Gasteiger partial charge in [-0.15, -0.1) is 0 Å². The zero-order chi connectivity index (χ0) is 16.2. The van der Waals surface area contributed by atoms with Crippen LogP contribution in [0.3, 0.4) is 0 Å². The molecule has 0 aliphatic carbocycles. The highest BCUT2D eigenvalue weighted by atomic mass is 19.1. The lowest BCUT2D eigenvalue weighted by Crippen LogP contribution is -2.38. The van der Waals surface area contributed by atoms with Crippen LogP contribution in [0.1, 0.15) is 25.0 Å². The van der Waals surface area contributed by atoms with Gasteiger partial charge in [0.15, 0.2) is 0 Å². The number of nitrogens with zero attached hydrogens (tertiary/aromatic N) is 1. The Hall–Kier alpha value is -1.78. The molecule has 0 saturated heterocycles. The summed E-state index contributed by atoms with van der Waals surface area (Å²) in [6.07, 6.45) is 0. The zero-order valence-electron chi connectivity index (χ0n) is 12.9. The maximum atomic E-state index is 13.8. The first kappa shape index (κ1) is 16.6. The third-order valence-electron chi connectivity index (χ3n) is 3.28. The molecule has 22 heavy (non-hydrogen) atoms. The molecule has 1 N–H and O–H groups in total. The summed E-state index contributed by atoms with van der Waals surface area (Å²) in [6, 6.07) is 12.8. The van der Waals surface area contributed by atoms with Crippen LogP contribution in [-0.4, -0.2) is 22.2 Å². The van der Waals surface area contributed by atoms with E-state index in [0.29, 0.717) is 25.2 Å². The lowest BCUT2D eigenvalue weighted by molar-refractivity contribution is 0.0303. The molecule has 2 aromatic carbocycles. The van der Waals surface area contributed by atoms with Crippen LogP contribution >= 0.6 is 0 Å². The second-order valence-corrected chi connectivity index (χ2v) is 6.18. The van der Waals surface area contributed by atoms with Gasteiger partial charge in [0.2, 0.25) is 0 Å². The van der Waals surface area contributed by atoms with Crippen molar-refractivity contribution in [2.75, 3.05) is 6.54 Å². The summed E-state index contributed by atoms with van der Waals surface area (Å²) in [5.41, 5.74) is 0.599. The van der Waals surface area contributed by atoms with Crippen molar-refractivity contribution in [1.29, 1.82) is 0 Å². The van der Waals surface area contributed by atoms with Crippen molar-refractivity contribution >= 4 is 0 Å². The van der Waals surface area contributed by atoms with E-state index in [2.05, 4.69) is 0 Å². The molecule has 4 heteroatoms. The van der Waals surface area contributed by atoms with E-state index in [-0.39, 0.29) is 11.6 Å². The minimum absolute atomic E-state index is 0.262. The molecule has 0 fully saturated rings. The minimum Gasteiger partial charge on any atom is -0.389 e. The van der Waals surface area contributed by atoms with E-state index in [0.717, 1.165) is 5.56 Å². The first-order valence-corrected chi connectivity index (χ1v) is 7.26. The molecule has 0 heterocycles. The van der Waals surface area contributed by atoms with Gasteiger partial charge in [0.05, 0.1) is 5.60 Å². The first-order valence-electron chi connectivity index (χ1n) is 7.26. The number of rotatable bonds is 6. The van der Waals surface area contributed by atoms with Gasteiger partial charge in [0.25, 0.3) is 0 Å². The van der Waals surface area contributed by atoms with Gasteiger partial charge in [0.1, 0.15) is 11.6 Å². The lowest BCUT2D eigenvalue weighted by atomic mass is 10.1. The highest BCUT2D eigenvalue weighted by Gasteiger charge is 2.19. The van der Waals surface area contributed by atoms with Crippen LogP contribution in [0, 0.1) is 11.6 Å². The van der Waals surface area contributed by atoms with E-state index >= 15 is 0 Å². The van der Waals surface area contributed by atoms with Crippen LogP contribution < -0.4 is 0 Å². The zero-order valence-corrected chi connectivity index (χ0v) is 12.9. The van der Waals surface area contributed by atoms with Crippen molar-refractivity contribution in [2.45, 2.75) is 32.5 Å². The molecule has 118 valence electrons. The Morgan fingerprint density at radius 1 is 0.955 bits per heavy atom. The van der Waals surface area contributed by atoms with E-state index in [9.17, 15) is 13.9 Å². The Labute approximate surface area is 130 Å². The molecule has 0 bridgehead atoms. The van der Waals surface area contributed by atoms with Crippen molar-refractivity contribution in [2.24, 2.45) is 0 Å². The predicted molar refractivity (Wildman–Crippen MR) is 83.2 cm³/mol. The molecule has 0 amide bonds. The fourth-order valence-electron chi connectivity index (χ4n) is 2.43. The van der Waals surface area contributed by atoms with Crippen LogP contribution in [0.25, 0.3) is 0 Å². The SMILES string of the molecule is CC(C)(O)CN(Cc1ccc(F)cc1)Cc1ccccc1F. The maximum absolute atomic E-state index is 13.8. The highest BCUT2D eigenvalue weighted by molar-refractivity contribution is 5.19. The molecule has 0 aliphatic rings. The molecule has 2 aromatic rings. The first-order chi connectivity index (χ1) is 10.3. The van der Waals surface area contributed by atoms with E-state index < -0.39 is 5.60 Å². The van der Waals surface area contributed by atoms with E-state index in [4.69, 9.17) is 0 Å². The molecule has 0 saturated carbocycles. The molecule has 0 atom stereocenters. The Morgan fingerprint density at radius 3 is 2.18 bits per heavy atom.